The molecule has 1 amide bonds. The summed E-state index contributed by atoms with van der Waals surface area (Å²) in [7, 11) is 0. The van der Waals surface area contributed by atoms with E-state index in [9.17, 15) is 15.0 Å². The van der Waals surface area contributed by atoms with Gasteiger partial charge in [0.05, 0.1) is 18.8 Å². The van der Waals surface area contributed by atoms with Crippen molar-refractivity contribution < 1.29 is 15.0 Å². The number of aliphatic hydroxyl groups is 2. The van der Waals surface area contributed by atoms with E-state index < -0.39 is 12.1 Å². The van der Waals surface area contributed by atoms with Crippen LogP contribution in [0.2, 0.25) is 0 Å². The smallest absolute Gasteiger partial charge is 0.220 e. The zero-order valence-corrected chi connectivity index (χ0v) is 24.3. The minimum Gasteiger partial charge on any atom is -0.394 e. The Kier molecular flexibility index (Phi) is 28.0. The first-order chi connectivity index (χ1) is 17.7. The van der Waals surface area contributed by atoms with Crippen LogP contribution in [-0.4, -0.2) is 34.9 Å². The SMILES string of the molecule is CCCCC/C=C/C(O)C(CO)NC(=O)CCCCCCCCCCCCCCCCCCCCC. The van der Waals surface area contributed by atoms with Crippen molar-refractivity contribution in [2.75, 3.05) is 6.61 Å². The molecule has 0 spiro atoms. The van der Waals surface area contributed by atoms with Crippen molar-refractivity contribution in [1.82, 2.24) is 5.32 Å². The van der Waals surface area contributed by atoms with E-state index in [4.69, 9.17) is 0 Å². The molecule has 0 aliphatic heterocycles. The summed E-state index contributed by atoms with van der Waals surface area (Å²) in [5.74, 6) is -0.0699. The van der Waals surface area contributed by atoms with Gasteiger partial charge >= 0.3 is 0 Å². The summed E-state index contributed by atoms with van der Waals surface area (Å²) in [6.45, 7) is 4.20. The van der Waals surface area contributed by atoms with Gasteiger partial charge in [-0.1, -0.05) is 154 Å². The number of hydrogen-bond acceptors (Lipinski definition) is 3. The highest BCUT2D eigenvalue weighted by Gasteiger charge is 2.17. The summed E-state index contributed by atoms with van der Waals surface area (Å²) in [6, 6.07) is -0.611. The maximum absolute atomic E-state index is 12.2. The Morgan fingerprint density at radius 3 is 1.44 bits per heavy atom. The highest BCUT2D eigenvalue weighted by Crippen LogP contribution is 2.15. The Balaban J connectivity index is 3.46. The number of unbranched alkanes of at least 4 members (excludes halogenated alkanes) is 21. The van der Waals surface area contributed by atoms with E-state index in [0.717, 1.165) is 25.7 Å². The number of amides is 1. The maximum Gasteiger partial charge on any atom is 0.220 e. The first kappa shape index (κ1) is 35.1. The average Bonchev–Trinajstić information content (AvgIpc) is 2.88. The van der Waals surface area contributed by atoms with Gasteiger partial charge in [-0.3, -0.25) is 4.79 Å². The van der Waals surface area contributed by atoms with Gasteiger partial charge in [0, 0.05) is 6.42 Å². The largest absolute Gasteiger partial charge is 0.394 e. The minimum absolute atomic E-state index is 0.0699. The van der Waals surface area contributed by atoms with Gasteiger partial charge in [-0.2, -0.15) is 0 Å². The zero-order valence-electron chi connectivity index (χ0n) is 24.3. The molecular formula is C32H63NO3. The second-order valence-corrected chi connectivity index (χ2v) is 10.9. The van der Waals surface area contributed by atoms with Crippen molar-refractivity contribution in [3.8, 4) is 0 Å². The summed E-state index contributed by atoms with van der Waals surface area (Å²) in [5, 5.41) is 22.5. The van der Waals surface area contributed by atoms with Gasteiger partial charge in [0.2, 0.25) is 5.91 Å². The van der Waals surface area contributed by atoms with E-state index >= 15 is 0 Å². The molecule has 0 aliphatic rings. The van der Waals surface area contributed by atoms with Gasteiger partial charge in [0.25, 0.3) is 0 Å². The highest BCUT2D eigenvalue weighted by molar-refractivity contribution is 5.76. The predicted molar refractivity (Wildman–Crippen MR) is 156 cm³/mol. The fraction of sp³-hybridized carbons (Fsp3) is 0.906. The van der Waals surface area contributed by atoms with Gasteiger partial charge in [0.1, 0.15) is 0 Å². The Bertz CT molecular complexity index is 480. The Labute approximate surface area is 225 Å². The summed E-state index contributed by atoms with van der Waals surface area (Å²) in [6.07, 6.45) is 33.2. The number of carbonyl (C=O) groups is 1. The molecule has 0 radical (unpaired) electrons. The van der Waals surface area contributed by atoms with Crippen LogP contribution in [-0.2, 0) is 4.79 Å². The summed E-state index contributed by atoms with van der Waals surface area (Å²) in [4.78, 5) is 12.2. The molecule has 0 saturated carbocycles. The van der Waals surface area contributed by atoms with Crippen LogP contribution in [0.15, 0.2) is 12.2 Å². The van der Waals surface area contributed by atoms with Crippen LogP contribution in [0.5, 0.6) is 0 Å². The highest BCUT2D eigenvalue weighted by atomic mass is 16.3. The second kappa shape index (κ2) is 28.7. The van der Waals surface area contributed by atoms with Crippen molar-refractivity contribution in [3.63, 3.8) is 0 Å². The molecule has 0 bridgehead atoms. The fourth-order valence-corrected chi connectivity index (χ4v) is 4.76. The van der Waals surface area contributed by atoms with Crippen molar-refractivity contribution >= 4 is 5.91 Å². The van der Waals surface area contributed by atoms with Crippen LogP contribution in [0.1, 0.15) is 168 Å². The first-order valence-corrected chi connectivity index (χ1v) is 15.9. The van der Waals surface area contributed by atoms with Crippen LogP contribution in [0, 0.1) is 0 Å². The molecule has 0 fully saturated rings. The zero-order chi connectivity index (χ0) is 26.5. The van der Waals surface area contributed by atoms with Crippen LogP contribution in [0.25, 0.3) is 0 Å². The van der Waals surface area contributed by atoms with Gasteiger partial charge in [-0.25, -0.2) is 0 Å². The molecule has 3 N–H and O–H groups in total. The maximum atomic E-state index is 12.2. The topological polar surface area (TPSA) is 69.6 Å². The number of hydrogen-bond donors (Lipinski definition) is 3. The van der Waals surface area contributed by atoms with Crippen LogP contribution in [0.3, 0.4) is 0 Å². The van der Waals surface area contributed by atoms with Crippen LogP contribution in [0.4, 0.5) is 0 Å². The number of rotatable bonds is 28. The molecule has 0 saturated heterocycles. The molecule has 0 aromatic rings. The summed E-state index contributed by atoms with van der Waals surface area (Å²) >= 11 is 0. The molecular weight excluding hydrogens is 446 g/mol. The van der Waals surface area contributed by atoms with Gasteiger partial charge < -0.3 is 15.5 Å². The van der Waals surface area contributed by atoms with Gasteiger partial charge in [0.15, 0.2) is 0 Å². The molecule has 2 atom stereocenters. The Morgan fingerprint density at radius 1 is 0.639 bits per heavy atom. The number of nitrogens with one attached hydrogen (secondary N) is 1. The first-order valence-electron chi connectivity index (χ1n) is 15.9. The van der Waals surface area contributed by atoms with E-state index in [2.05, 4.69) is 19.2 Å². The lowest BCUT2D eigenvalue weighted by Crippen LogP contribution is -2.45. The van der Waals surface area contributed by atoms with E-state index in [0.29, 0.717) is 6.42 Å². The molecule has 214 valence electrons. The minimum atomic E-state index is -0.828. The lowest BCUT2D eigenvalue weighted by molar-refractivity contribution is -0.123. The number of allylic oxidation sites excluding steroid dienone is 1. The van der Waals surface area contributed by atoms with E-state index in [1.54, 1.807) is 6.08 Å². The third-order valence-electron chi connectivity index (χ3n) is 7.27. The number of carbonyl (C=O) groups excluding carboxylic acids is 1. The monoisotopic (exact) mass is 509 g/mol. The lowest BCUT2D eigenvalue weighted by Gasteiger charge is -2.20. The fourth-order valence-electron chi connectivity index (χ4n) is 4.76. The van der Waals surface area contributed by atoms with Crippen molar-refractivity contribution in [2.45, 2.75) is 180 Å². The molecule has 4 nitrogen and oxygen atoms in total. The second-order valence-electron chi connectivity index (χ2n) is 10.9. The number of aliphatic hydroxyl groups excluding tert-OH is 2. The normalized spacial score (nSPS) is 13.3. The molecule has 0 aliphatic carbocycles. The quantitative estimate of drug-likeness (QED) is 0.0729. The molecule has 0 heterocycles. The molecule has 0 rings (SSSR count). The third-order valence-corrected chi connectivity index (χ3v) is 7.27. The summed E-state index contributed by atoms with van der Waals surface area (Å²) < 4.78 is 0. The molecule has 0 aromatic carbocycles. The van der Waals surface area contributed by atoms with E-state index in [-0.39, 0.29) is 12.5 Å². The van der Waals surface area contributed by atoms with Crippen molar-refractivity contribution in [2.24, 2.45) is 0 Å². The van der Waals surface area contributed by atoms with E-state index in [1.807, 2.05) is 6.08 Å². The lowest BCUT2D eigenvalue weighted by atomic mass is 10.0. The van der Waals surface area contributed by atoms with Gasteiger partial charge in [-0.15, -0.1) is 0 Å². The average molecular weight is 510 g/mol. The molecule has 0 aromatic heterocycles. The van der Waals surface area contributed by atoms with Crippen molar-refractivity contribution in [3.05, 3.63) is 12.2 Å². The standard InChI is InChI=1S/C32H63NO3/c1-3-5-7-9-10-11-12-13-14-15-16-17-18-19-20-21-22-24-26-28-32(36)33-30(29-34)31(35)27-25-23-8-6-4-2/h25,27,30-31,34-35H,3-24,26,28-29H2,1-2H3,(H,33,36)/b27-25+. The molecule has 2 unspecified atom stereocenters. The summed E-state index contributed by atoms with van der Waals surface area (Å²) in [5.41, 5.74) is 0. The van der Waals surface area contributed by atoms with E-state index in [1.165, 1.54) is 122 Å². The van der Waals surface area contributed by atoms with Crippen LogP contribution < -0.4 is 5.32 Å². The Hall–Kier alpha value is -0.870. The van der Waals surface area contributed by atoms with Crippen molar-refractivity contribution in [1.29, 1.82) is 0 Å². The van der Waals surface area contributed by atoms with Crippen LogP contribution >= 0.6 is 0 Å². The molecule has 36 heavy (non-hydrogen) atoms. The van der Waals surface area contributed by atoms with Gasteiger partial charge in [-0.05, 0) is 19.3 Å². The third kappa shape index (κ3) is 24.8. The molecule has 4 heteroatoms. The Morgan fingerprint density at radius 2 is 1.03 bits per heavy atom. The predicted octanol–water partition coefficient (Wildman–Crippen LogP) is 8.78.